The maximum atomic E-state index is 13.4. The fourth-order valence-electron chi connectivity index (χ4n) is 4.16. The monoisotopic (exact) mass is 417 g/mol. The van der Waals surface area contributed by atoms with Crippen LogP contribution in [0.5, 0.6) is 5.75 Å². The highest BCUT2D eigenvalue weighted by Crippen LogP contribution is 2.39. The molecule has 0 bridgehead atoms. The number of benzene rings is 2. The first-order chi connectivity index (χ1) is 14.0. The van der Waals surface area contributed by atoms with Crippen LogP contribution >= 0.6 is 0 Å². The van der Waals surface area contributed by atoms with Gasteiger partial charge in [0, 0.05) is 6.54 Å². The van der Waals surface area contributed by atoms with E-state index in [-0.39, 0.29) is 12.6 Å². The molecule has 0 spiro atoms. The molecule has 0 atom stereocenters. The molecule has 0 saturated heterocycles. The van der Waals surface area contributed by atoms with Gasteiger partial charge in [0.2, 0.25) is 0 Å². The molecule has 0 heterocycles. The molecule has 0 aromatic heterocycles. The molecule has 0 radical (unpaired) electrons. The van der Waals surface area contributed by atoms with Gasteiger partial charge in [0.05, 0.1) is 12.6 Å². The van der Waals surface area contributed by atoms with Crippen molar-refractivity contribution in [2.45, 2.75) is 65.0 Å². The minimum atomic E-state index is -3.32. The lowest BCUT2D eigenvalue weighted by Crippen LogP contribution is -2.33. The van der Waals surface area contributed by atoms with Crippen LogP contribution in [0, 0.1) is 11.3 Å². The van der Waals surface area contributed by atoms with E-state index in [9.17, 15) is 8.78 Å². The quantitative estimate of drug-likeness (QED) is 0.498. The smallest absolute Gasteiger partial charge is 0.315 e. The number of alkyl halides is 2. The summed E-state index contributed by atoms with van der Waals surface area (Å²) in [6, 6.07) is 11.9. The number of rotatable bonds is 7. The van der Waals surface area contributed by atoms with Gasteiger partial charge in [-0.2, -0.15) is 8.78 Å². The molecular formula is C25H33F2NO2. The van der Waals surface area contributed by atoms with Crippen molar-refractivity contribution in [3.05, 3.63) is 54.3 Å². The van der Waals surface area contributed by atoms with E-state index in [2.05, 4.69) is 32.7 Å². The third kappa shape index (κ3) is 5.72. The van der Waals surface area contributed by atoms with Crippen molar-refractivity contribution in [3.63, 3.8) is 0 Å². The molecule has 30 heavy (non-hydrogen) atoms. The second-order valence-corrected chi connectivity index (χ2v) is 9.56. The van der Waals surface area contributed by atoms with Gasteiger partial charge in [0.25, 0.3) is 0 Å². The van der Waals surface area contributed by atoms with Crippen LogP contribution in [-0.2, 0) is 6.54 Å². The number of hydrogen-bond acceptors (Lipinski definition) is 3. The van der Waals surface area contributed by atoms with Gasteiger partial charge in [-0.1, -0.05) is 45.5 Å². The summed E-state index contributed by atoms with van der Waals surface area (Å²) in [7, 11) is 0. The third-order valence-corrected chi connectivity index (χ3v) is 6.18. The first-order valence-electron chi connectivity index (χ1n) is 10.7. The number of hydrogen-bond donors (Lipinski definition) is 2. The molecule has 3 rings (SSSR count). The summed E-state index contributed by atoms with van der Waals surface area (Å²) in [6.45, 7) is 9.51. The average molecular weight is 418 g/mol. The Balaban J connectivity index is 1.57. The van der Waals surface area contributed by atoms with Gasteiger partial charge >= 0.3 is 5.92 Å². The van der Waals surface area contributed by atoms with Gasteiger partial charge in [-0.15, -0.1) is 0 Å². The molecular weight excluding hydrogens is 384 g/mol. The molecule has 0 amide bonds. The van der Waals surface area contributed by atoms with E-state index in [0.29, 0.717) is 5.41 Å². The van der Waals surface area contributed by atoms with E-state index < -0.39 is 18.2 Å². The van der Waals surface area contributed by atoms with Crippen LogP contribution in [0.1, 0.15) is 52.0 Å². The normalized spacial score (nSPS) is 20.3. The van der Waals surface area contributed by atoms with Crippen molar-refractivity contribution in [1.82, 2.24) is 5.32 Å². The van der Waals surface area contributed by atoms with Crippen LogP contribution < -0.4 is 10.1 Å². The highest BCUT2D eigenvalue weighted by molar-refractivity contribution is 5.84. The molecule has 2 aromatic carbocycles. The van der Waals surface area contributed by atoms with Gasteiger partial charge in [-0.05, 0) is 71.6 Å². The number of fused-ring (bicyclic) bond motifs is 1. The molecule has 2 aromatic rings. The van der Waals surface area contributed by atoms with Crippen molar-refractivity contribution < 1.29 is 18.6 Å². The zero-order chi connectivity index (χ0) is 21.9. The Morgan fingerprint density at radius 3 is 2.33 bits per heavy atom. The van der Waals surface area contributed by atoms with Crippen molar-refractivity contribution in [2.75, 3.05) is 6.54 Å². The van der Waals surface area contributed by atoms with Crippen LogP contribution in [0.25, 0.3) is 10.8 Å². The molecule has 1 aliphatic rings. The summed E-state index contributed by atoms with van der Waals surface area (Å²) < 4.78 is 33.0. The molecule has 2 N–H and O–H groups in total. The minimum absolute atomic E-state index is 0.271. The van der Waals surface area contributed by atoms with Crippen molar-refractivity contribution in [3.8, 4) is 5.75 Å². The number of halogens is 2. The molecule has 164 valence electrons. The topological polar surface area (TPSA) is 41.5 Å². The fourth-order valence-corrected chi connectivity index (χ4v) is 4.16. The fraction of sp³-hybridized carbons (Fsp3) is 0.520. The Bertz CT molecular complexity index is 880. The summed E-state index contributed by atoms with van der Waals surface area (Å²) in [6.07, 6.45) is 4.87. The van der Waals surface area contributed by atoms with Crippen LogP contribution in [0.3, 0.4) is 0 Å². The molecule has 1 fully saturated rings. The summed E-state index contributed by atoms with van der Waals surface area (Å²) in [5.41, 5.74) is 1.26. The summed E-state index contributed by atoms with van der Waals surface area (Å²) in [4.78, 5) is 0. The Labute approximate surface area is 178 Å². The second-order valence-electron chi connectivity index (χ2n) is 9.56. The largest absolute Gasteiger partial charge is 0.507 e. The zero-order valence-corrected chi connectivity index (χ0v) is 18.2. The Morgan fingerprint density at radius 1 is 1.07 bits per heavy atom. The summed E-state index contributed by atoms with van der Waals surface area (Å²) in [5, 5.41) is 13.7. The maximum Gasteiger partial charge on any atom is 0.315 e. The first-order valence-corrected chi connectivity index (χ1v) is 10.7. The standard InChI is InChI=1S/C25H33F2NO2/c1-17(29)25(26,27)16-28-15-18-5-6-20-14-23(10-7-19(20)13-18)30-22-11-8-21(9-12-22)24(2,3)4/h5-7,10,13-14,21-22,28-29H,1,8-9,11-12,15-16H2,2-4H3. The lowest BCUT2D eigenvalue weighted by Gasteiger charge is -2.37. The SMILES string of the molecule is C=C(O)C(F)(F)CNCc1ccc2cc(OC3CCC(C(C)(C)C)CC3)ccc2c1. The Kier molecular flexibility index (Phi) is 6.71. The predicted molar refractivity (Wildman–Crippen MR) is 118 cm³/mol. The van der Waals surface area contributed by atoms with Gasteiger partial charge in [-0.25, -0.2) is 0 Å². The van der Waals surface area contributed by atoms with E-state index in [1.54, 1.807) is 0 Å². The van der Waals surface area contributed by atoms with Gasteiger partial charge in [0.15, 0.2) is 5.76 Å². The second kappa shape index (κ2) is 8.93. The Morgan fingerprint density at radius 2 is 1.70 bits per heavy atom. The van der Waals surface area contributed by atoms with Crippen LogP contribution in [0.2, 0.25) is 0 Å². The van der Waals surface area contributed by atoms with E-state index in [1.165, 1.54) is 12.8 Å². The molecule has 1 aliphatic carbocycles. The molecule has 0 unspecified atom stereocenters. The zero-order valence-electron chi connectivity index (χ0n) is 18.2. The van der Waals surface area contributed by atoms with E-state index >= 15 is 0 Å². The van der Waals surface area contributed by atoms with E-state index in [0.717, 1.165) is 40.8 Å². The van der Waals surface area contributed by atoms with Gasteiger partial charge in [0.1, 0.15) is 5.75 Å². The number of ether oxygens (including phenoxy) is 1. The third-order valence-electron chi connectivity index (χ3n) is 6.18. The van der Waals surface area contributed by atoms with Crippen LogP contribution in [0.4, 0.5) is 8.78 Å². The van der Waals surface area contributed by atoms with Crippen molar-refractivity contribution >= 4 is 10.8 Å². The maximum absolute atomic E-state index is 13.4. The van der Waals surface area contributed by atoms with Gasteiger partial charge in [-0.3, -0.25) is 0 Å². The van der Waals surface area contributed by atoms with E-state index in [1.807, 2.05) is 36.4 Å². The highest BCUT2D eigenvalue weighted by atomic mass is 19.3. The summed E-state index contributed by atoms with van der Waals surface area (Å²) in [5.74, 6) is -2.80. The lowest BCUT2D eigenvalue weighted by atomic mass is 9.72. The average Bonchev–Trinajstić information content (AvgIpc) is 2.67. The molecule has 5 heteroatoms. The van der Waals surface area contributed by atoms with E-state index in [4.69, 9.17) is 9.84 Å². The summed E-state index contributed by atoms with van der Waals surface area (Å²) >= 11 is 0. The van der Waals surface area contributed by atoms with Crippen molar-refractivity contribution in [1.29, 1.82) is 0 Å². The van der Waals surface area contributed by atoms with Crippen LogP contribution in [0.15, 0.2) is 48.7 Å². The molecule has 1 saturated carbocycles. The molecule has 0 aliphatic heterocycles. The number of aliphatic hydroxyl groups is 1. The highest BCUT2D eigenvalue weighted by Gasteiger charge is 2.32. The Hall–Kier alpha value is -2.14. The predicted octanol–water partition coefficient (Wildman–Crippen LogP) is 6.62. The molecule has 3 nitrogen and oxygen atoms in total. The number of aliphatic hydroxyl groups excluding tert-OH is 1. The number of nitrogens with one attached hydrogen (secondary N) is 1. The lowest BCUT2D eigenvalue weighted by molar-refractivity contribution is 0.00140. The van der Waals surface area contributed by atoms with Crippen LogP contribution in [-0.4, -0.2) is 23.7 Å². The van der Waals surface area contributed by atoms with Gasteiger partial charge < -0.3 is 15.2 Å². The first kappa shape index (κ1) is 22.5. The minimum Gasteiger partial charge on any atom is -0.507 e. The van der Waals surface area contributed by atoms with Crippen molar-refractivity contribution in [2.24, 2.45) is 11.3 Å².